The molecule has 2 saturated carbocycles. The van der Waals surface area contributed by atoms with Gasteiger partial charge in [-0.3, -0.25) is 4.79 Å². The smallest absolute Gasteiger partial charge is 0.314 e. The molecule has 0 radical (unpaired) electrons. The maximum absolute atomic E-state index is 11.5. The second-order valence-electron chi connectivity index (χ2n) is 5.30. The number of carboxylic acid groups (broad SMARTS) is 1. The first-order valence-corrected chi connectivity index (χ1v) is 6.37. The van der Waals surface area contributed by atoms with Crippen LogP contribution in [0.3, 0.4) is 0 Å². The monoisotopic (exact) mass is 240 g/mol. The minimum atomic E-state index is -0.798. The molecule has 2 aliphatic carbocycles. The molecule has 2 fully saturated rings. The Bertz CT molecular complexity index is 307. The fraction of sp³-hybridized carbons (Fsp3) is 0.833. The summed E-state index contributed by atoms with van der Waals surface area (Å²) in [6.07, 6.45) is 6.25. The second-order valence-corrected chi connectivity index (χ2v) is 5.30. The van der Waals surface area contributed by atoms with Crippen molar-refractivity contribution in [1.82, 2.24) is 10.6 Å². The van der Waals surface area contributed by atoms with Gasteiger partial charge in [-0.2, -0.15) is 0 Å². The zero-order chi connectivity index (χ0) is 12.3. The Morgan fingerprint density at radius 3 is 2.35 bits per heavy atom. The number of aliphatic carboxylic acids is 1. The molecular weight excluding hydrogens is 220 g/mol. The lowest BCUT2D eigenvalue weighted by atomic mass is 10.1. The highest BCUT2D eigenvalue weighted by Gasteiger charge is 2.50. The van der Waals surface area contributed by atoms with E-state index in [0.29, 0.717) is 25.3 Å². The van der Waals surface area contributed by atoms with Gasteiger partial charge >= 0.3 is 12.0 Å². The molecule has 0 atom stereocenters. The van der Waals surface area contributed by atoms with Crippen LogP contribution < -0.4 is 10.6 Å². The molecule has 5 nitrogen and oxygen atoms in total. The summed E-state index contributed by atoms with van der Waals surface area (Å²) in [6, 6.07) is -0.232. The van der Waals surface area contributed by atoms with Gasteiger partial charge in [-0.05, 0) is 31.6 Å². The Labute approximate surface area is 101 Å². The minimum Gasteiger partial charge on any atom is -0.481 e. The van der Waals surface area contributed by atoms with Crippen LogP contribution >= 0.6 is 0 Å². The van der Waals surface area contributed by atoms with Crippen LogP contribution in [0.1, 0.15) is 38.5 Å². The van der Waals surface area contributed by atoms with Crippen LogP contribution in [-0.4, -0.2) is 30.2 Å². The molecule has 0 aromatic carbocycles. The van der Waals surface area contributed by atoms with Crippen molar-refractivity contribution in [3.8, 4) is 0 Å². The fourth-order valence-corrected chi connectivity index (χ4v) is 2.38. The van der Waals surface area contributed by atoms with Crippen molar-refractivity contribution in [3.63, 3.8) is 0 Å². The lowest BCUT2D eigenvalue weighted by Crippen LogP contribution is -2.42. The first-order valence-electron chi connectivity index (χ1n) is 6.37. The van der Waals surface area contributed by atoms with E-state index < -0.39 is 11.4 Å². The summed E-state index contributed by atoms with van der Waals surface area (Å²) >= 11 is 0. The zero-order valence-electron chi connectivity index (χ0n) is 10.00. The van der Waals surface area contributed by atoms with Crippen LogP contribution in [0.5, 0.6) is 0 Å². The summed E-state index contributed by atoms with van der Waals surface area (Å²) in [4.78, 5) is 22.4. The van der Waals surface area contributed by atoms with Crippen LogP contribution in [0, 0.1) is 11.3 Å². The van der Waals surface area contributed by atoms with E-state index in [4.69, 9.17) is 5.11 Å². The van der Waals surface area contributed by atoms with E-state index in [9.17, 15) is 9.59 Å². The van der Waals surface area contributed by atoms with Gasteiger partial charge in [-0.25, -0.2) is 4.79 Å². The molecule has 96 valence electrons. The van der Waals surface area contributed by atoms with Crippen LogP contribution in [0.15, 0.2) is 0 Å². The Balaban J connectivity index is 1.62. The molecular formula is C12H20N2O3. The molecule has 0 aliphatic heterocycles. The number of carbonyl (C=O) groups excluding carboxylic acids is 1. The van der Waals surface area contributed by atoms with Gasteiger partial charge in [0, 0.05) is 13.1 Å². The van der Waals surface area contributed by atoms with Gasteiger partial charge in [0.2, 0.25) is 0 Å². The standard InChI is InChI=1S/C12H20N2O3/c15-10(16)12(5-6-12)8-14-11(17)13-7-9-3-1-2-4-9/h9H,1-8H2,(H,15,16)(H2,13,14,17). The highest BCUT2D eigenvalue weighted by molar-refractivity contribution is 5.80. The quantitative estimate of drug-likeness (QED) is 0.678. The van der Waals surface area contributed by atoms with Crippen molar-refractivity contribution in [1.29, 1.82) is 0 Å². The Morgan fingerprint density at radius 2 is 1.82 bits per heavy atom. The van der Waals surface area contributed by atoms with Crippen LogP contribution in [0.4, 0.5) is 4.79 Å². The molecule has 0 spiro atoms. The topological polar surface area (TPSA) is 78.4 Å². The van der Waals surface area contributed by atoms with E-state index in [-0.39, 0.29) is 12.6 Å². The molecule has 17 heavy (non-hydrogen) atoms. The van der Waals surface area contributed by atoms with E-state index in [1.807, 2.05) is 0 Å². The molecule has 2 rings (SSSR count). The van der Waals surface area contributed by atoms with Crippen LogP contribution in [0.2, 0.25) is 0 Å². The van der Waals surface area contributed by atoms with Gasteiger partial charge in [-0.15, -0.1) is 0 Å². The first-order chi connectivity index (χ1) is 8.12. The lowest BCUT2D eigenvalue weighted by Gasteiger charge is -2.14. The van der Waals surface area contributed by atoms with Gasteiger partial charge in [0.25, 0.3) is 0 Å². The summed E-state index contributed by atoms with van der Waals surface area (Å²) < 4.78 is 0. The second kappa shape index (κ2) is 4.94. The van der Waals surface area contributed by atoms with Gasteiger partial charge in [0.15, 0.2) is 0 Å². The fourth-order valence-electron chi connectivity index (χ4n) is 2.38. The third kappa shape index (κ3) is 3.11. The van der Waals surface area contributed by atoms with E-state index in [0.717, 1.165) is 0 Å². The number of urea groups is 1. The van der Waals surface area contributed by atoms with Gasteiger partial charge < -0.3 is 15.7 Å². The summed E-state index contributed by atoms with van der Waals surface area (Å²) in [6.45, 7) is 0.963. The number of hydrogen-bond acceptors (Lipinski definition) is 2. The van der Waals surface area contributed by atoms with Crippen molar-refractivity contribution in [3.05, 3.63) is 0 Å². The molecule has 0 unspecified atom stereocenters. The Hall–Kier alpha value is -1.26. The summed E-state index contributed by atoms with van der Waals surface area (Å²) in [5, 5.41) is 14.4. The summed E-state index contributed by atoms with van der Waals surface area (Å²) in [7, 11) is 0. The third-order valence-electron chi connectivity index (χ3n) is 3.92. The number of hydrogen-bond donors (Lipinski definition) is 3. The molecule has 2 amide bonds. The maximum Gasteiger partial charge on any atom is 0.314 e. The minimum absolute atomic E-state index is 0.232. The molecule has 0 bridgehead atoms. The highest BCUT2D eigenvalue weighted by Crippen LogP contribution is 2.45. The van der Waals surface area contributed by atoms with E-state index in [1.54, 1.807) is 0 Å². The summed E-state index contributed by atoms with van der Waals surface area (Å²) in [5.74, 6) is -0.191. The maximum atomic E-state index is 11.5. The molecule has 2 aliphatic rings. The number of carboxylic acids is 1. The molecule has 0 aromatic rings. The van der Waals surface area contributed by atoms with E-state index in [2.05, 4.69) is 10.6 Å². The van der Waals surface area contributed by atoms with Crippen molar-refractivity contribution >= 4 is 12.0 Å². The largest absolute Gasteiger partial charge is 0.481 e. The lowest BCUT2D eigenvalue weighted by molar-refractivity contribution is -0.143. The van der Waals surface area contributed by atoms with E-state index in [1.165, 1.54) is 25.7 Å². The molecule has 3 N–H and O–H groups in total. The number of amides is 2. The summed E-state index contributed by atoms with van der Waals surface area (Å²) in [5.41, 5.74) is -0.676. The van der Waals surface area contributed by atoms with Gasteiger partial charge in [0.1, 0.15) is 0 Å². The first kappa shape index (κ1) is 12.2. The molecule has 0 heterocycles. The molecule has 0 saturated heterocycles. The number of rotatable bonds is 5. The number of nitrogens with one attached hydrogen (secondary N) is 2. The average Bonchev–Trinajstić information content (AvgIpc) is 2.93. The van der Waals surface area contributed by atoms with E-state index >= 15 is 0 Å². The molecule has 0 aromatic heterocycles. The van der Waals surface area contributed by atoms with Crippen LogP contribution in [-0.2, 0) is 4.79 Å². The SMILES string of the molecule is O=C(NCC1CCCC1)NCC1(C(=O)O)CC1. The predicted octanol–water partition coefficient (Wildman–Crippen LogP) is 1.34. The predicted molar refractivity (Wildman–Crippen MR) is 62.7 cm³/mol. The number of carbonyl (C=O) groups is 2. The highest BCUT2D eigenvalue weighted by atomic mass is 16.4. The van der Waals surface area contributed by atoms with Crippen molar-refractivity contribution in [2.45, 2.75) is 38.5 Å². The van der Waals surface area contributed by atoms with Crippen molar-refractivity contribution < 1.29 is 14.7 Å². The van der Waals surface area contributed by atoms with Gasteiger partial charge in [-0.1, -0.05) is 12.8 Å². The van der Waals surface area contributed by atoms with Crippen molar-refractivity contribution in [2.24, 2.45) is 11.3 Å². The third-order valence-corrected chi connectivity index (χ3v) is 3.92. The van der Waals surface area contributed by atoms with Crippen molar-refractivity contribution in [2.75, 3.05) is 13.1 Å². The van der Waals surface area contributed by atoms with Crippen LogP contribution in [0.25, 0.3) is 0 Å². The Morgan fingerprint density at radius 1 is 1.18 bits per heavy atom. The average molecular weight is 240 g/mol. The normalized spacial score (nSPS) is 22.1. The zero-order valence-corrected chi connectivity index (χ0v) is 10.00. The Kier molecular flexibility index (Phi) is 3.54. The van der Waals surface area contributed by atoms with Gasteiger partial charge in [0.05, 0.1) is 5.41 Å². The molecule has 5 heteroatoms.